The van der Waals surface area contributed by atoms with Crippen LogP contribution in [0.3, 0.4) is 0 Å². The summed E-state index contributed by atoms with van der Waals surface area (Å²) in [5, 5.41) is 9.45. The number of ether oxygens (including phenoxy) is 1. The van der Waals surface area contributed by atoms with E-state index in [9.17, 15) is 14.9 Å². The van der Waals surface area contributed by atoms with Crippen molar-refractivity contribution in [2.24, 2.45) is 7.05 Å². The average molecular weight is 466 g/mol. The summed E-state index contributed by atoms with van der Waals surface area (Å²) in [6, 6.07) is 15.0. The first-order valence-corrected chi connectivity index (χ1v) is 9.99. The molecule has 0 N–H and O–H groups in total. The van der Waals surface area contributed by atoms with Crippen LogP contribution >= 0.6 is 15.9 Å². The van der Waals surface area contributed by atoms with Crippen LogP contribution in [0.15, 0.2) is 58.7 Å². The van der Waals surface area contributed by atoms with Crippen molar-refractivity contribution in [2.45, 2.75) is 13.8 Å². The Bertz CT molecular complexity index is 1180. The van der Waals surface area contributed by atoms with Crippen LogP contribution in [0.2, 0.25) is 0 Å². The molecular formula is C23H20BrN3O3. The second-order valence-corrected chi connectivity index (χ2v) is 7.73. The van der Waals surface area contributed by atoms with Crippen molar-refractivity contribution >= 4 is 33.8 Å². The number of nitrogens with zero attached hydrogens (tertiary/aromatic N) is 3. The standard InChI is InChI=1S/C23H20BrN3O3/c1-15-11-17(16(2)27(15)20-8-6-19(24)7-9-20)12-18(13-25)23(29)30-14-22(28)21-5-4-10-26(21)3/h4-12H,14H2,1-3H3/b18-12+. The summed E-state index contributed by atoms with van der Waals surface area (Å²) in [4.78, 5) is 24.5. The summed E-state index contributed by atoms with van der Waals surface area (Å²) >= 11 is 3.43. The molecule has 30 heavy (non-hydrogen) atoms. The van der Waals surface area contributed by atoms with Crippen LogP contribution < -0.4 is 0 Å². The molecule has 152 valence electrons. The molecule has 0 saturated carbocycles. The van der Waals surface area contributed by atoms with Crippen molar-refractivity contribution in [1.82, 2.24) is 9.13 Å². The second-order valence-electron chi connectivity index (χ2n) is 6.81. The van der Waals surface area contributed by atoms with Crippen molar-refractivity contribution < 1.29 is 14.3 Å². The SMILES string of the molecule is Cc1cc(/C=C(\C#N)C(=O)OCC(=O)c2cccn2C)c(C)n1-c1ccc(Br)cc1. The third-order valence-corrected chi connectivity index (χ3v) is 5.29. The van der Waals surface area contributed by atoms with Gasteiger partial charge < -0.3 is 13.9 Å². The Hall–Kier alpha value is -3.37. The number of rotatable bonds is 6. The van der Waals surface area contributed by atoms with Gasteiger partial charge >= 0.3 is 5.97 Å². The number of carbonyl (C=O) groups excluding carboxylic acids is 2. The molecule has 0 amide bonds. The Morgan fingerprint density at radius 3 is 2.50 bits per heavy atom. The van der Waals surface area contributed by atoms with E-state index in [0.717, 1.165) is 27.1 Å². The maximum absolute atomic E-state index is 12.4. The Morgan fingerprint density at radius 1 is 1.20 bits per heavy atom. The van der Waals surface area contributed by atoms with Gasteiger partial charge in [0.1, 0.15) is 11.6 Å². The van der Waals surface area contributed by atoms with Crippen molar-refractivity contribution in [3.63, 3.8) is 0 Å². The fraction of sp³-hybridized carbons (Fsp3) is 0.174. The van der Waals surface area contributed by atoms with Gasteiger partial charge in [0.05, 0.1) is 5.69 Å². The smallest absolute Gasteiger partial charge is 0.349 e. The van der Waals surface area contributed by atoms with Crippen molar-refractivity contribution in [1.29, 1.82) is 5.26 Å². The van der Waals surface area contributed by atoms with Crippen molar-refractivity contribution in [3.8, 4) is 11.8 Å². The first kappa shape index (κ1) is 21.3. The fourth-order valence-electron chi connectivity index (χ4n) is 3.25. The van der Waals surface area contributed by atoms with Crippen molar-refractivity contribution in [2.75, 3.05) is 6.61 Å². The van der Waals surface area contributed by atoms with Crippen LogP contribution in [-0.4, -0.2) is 27.5 Å². The lowest BCUT2D eigenvalue weighted by Crippen LogP contribution is -2.17. The topological polar surface area (TPSA) is 77.0 Å². The predicted octanol–water partition coefficient (Wildman–Crippen LogP) is 4.53. The van der Waals surface area contributed by atoms with E-state index in [1.54, 1.807) is 29.9 Å². The first-order valence-electron chi connectivity index (χ1n) is 9.20. The van der Waals surface area contributed by atoms with Gasteiger partial charge in [-0.25, -0.2) is 4.79 Å². The number of nitriles is 1. The molecule has 0 aliphatic carbocycles. The second kappa shape index (κ2) is 8.97. The Kier molecular flexibility index (Phi) is 6.38. The number of hydrogen-bond donors (Lipinski definition) is 0. The van der Waals surface area contributed by atoms with E-state index >= 15 is 0 Å². The number of aryl methyl sites for hydroxylation is 2. The summed E-state index contributed by atoms with van der Waals surface area (Å²) in [6.07, 6.45) is 3.23. The van der Waals surface area contributed by atoms with Crippen LogP contribution in [0.25, 0.3) is 11.8 Å². The van der Waals surface area contributed by atoms with E-state index < -0.39 is 12.6 Å². The van der Waals surface area contributed by atoms with Crippen LogP contribution in [0.1, 0.15) is 27.4 Å². The van der Waals surface area contributed by atoms with Gasteiger partial charge in [-0.2, -0.15) is 5.26 Å². The van der Waals surface area contributed by atoms with Gasteiger partial charge in [-0.05, 0) is 68.0 Å². The molecule has 0 spiro atoms. The zero-order chi connectivity index (χ0) is 21.8. The minimum atomic E-state index is -0.825. The zero-order valence-electron chi connectivity index (χ0n) is 16.8. The van der Waals surface area contributed by atoms with Crippen molar-refractivity contribution in [3.05, 3.63) is 81.4 Å². The summed E-state index contributed by atoms with van der Waals surface area (Å²) in [7, 11) is 1.73. The summed E-state index contributed by atoms with van der Waals surface area (Å²) < 4.78 is 9.74. The monoisotopic (exact) mass is 465 g/mol. The number of aromatic nitrogens is 2. The van der Waals surface area contributed by atoms with Gasteiger partial charge in [0.25, 0.3) is 0 Å². The first-order chi connectivity index (χ1) is 14.3. The third-order valence-electron chi connectivity index (χ3n) is 4.76. The number of Topliss-reactive ketones (excluding diaryl/α,β-unsaturated/α-hetero) is 1. The molecule has 0 aliphatic heterocycles. The lowest BCUT2D eigenvalue weighted by molar-refractivity contribution is -0.137. The molecule has 2 heterocycles. The molecule has 0 aliphatic rings. The van der Waals surface area contributed by atoms with E-state index in [2.05, 4.69) is 15.9 Å². The maximum atomic E-state index is 12.4. The fourth-order valence-corrected chi connectivity index (χ4v) is 3.51. The molecule has 0 fully saturated rings. The van der Waals surface area contributed by atoms with E-state index in [-0.39, 0.29) is 11.4 Å². The molecule has 0 unspecified atom stereocenters. The molecule has 0 radical (unpaired) electrons. The van der Waals surface area contributed by atoms with Gasteiger partial charge in [0, 0.05) is 34.8 Å². The largest absolute Gasteiger partial charge is 0.453 e. The van der Waals surface area contributed by atoms with Gasteiger partial charge in [-0.1, -0.05) is 15.9 Å². The average Bonchev–Trinajstić information content (AvgIpc) is 3.27. The summed E-state index contributed by atoms with van der Waals surface area (Å²) in [6.45, 7) is 3.45. The zero-order valence-corrected chi connectivity index (χ0v) is 18.4. The minimum absolute atomic E-state index is 0.161. The quantitative estimate of drug-likeness (QED) is 0.232. The molecule has 2 aromatic heterocycles. The Labute approximate surface area is 183 Å². The van der Waals surface area contributed by atoms with Gasteiger partial charge in [-0.15, -0.1) is 0 Å². The molecule has 6 nitrogen and oxygen atoms in total. The molecule has 3 rings (SSSR count). The highest BCUT2D eigenvalue weighted by molar-refractivity contribution is 9.10. The van der Waals surface area contributed by atoms with E-state index in [1.807, 2.05) is 54.8 Å². The van der Waals surface area contributed by atoms with Gasteiger partial charge in [-0.3, -0.25) is 4.79 Å². The molecule has 0 bridgehead atoms. The highest BCUT2D eigenvalue weighted by atomic mass is 79.9. The van der Waals surface area contributed by atoms with Crippen LogP contribution in [0, 0.1) is 25.2 Å². The highest BCUT2D eigenvalue weighted by Crippen LogP contribution is 2.24. The number of carbonyl (C=O) groups is 2. The number of ketones is 1. The normalized spacial score (nSPS) is 11.2. The molecule has 3 aromatic rings. The van der Waals surface area contributed by atoms with Crippen LogP contribution in [-0.2, 0) is 16.6 Å². The lowest BCUT2D eigenvalue weighted by atomic mass is 10.1. The molecule has 7 heteroatoms. The van der Waals surface area contributed by atoms with Gasteiger partial charge in [0.15, 0.2) is 6.61 Å². The summed E-state index contributed by atoms with van der Waals surface area (Å²) in [5.41, 5.74) is 3.83. The third kappa shape index (κ3) is 4.44. The molecular weight excluding hydrogens is 446 g/mol. The van der Waals surface area contributed by atoms with Crippen LogP contribution in [0.4, 0.5) is 0 Å². The number of halogens is 1. The number of esters is 1. The maximum Gasteiger partial charge on any atom is 0.349 e. The Morgan fingerprint density at radius 2 is 1.90 bits per heavy atom. The minimum Gasteiger partial charge on any atom is -0.453 e. The van der Waals surface area contributed by atoms with E-state index in [0.29, 0.717) is 5.69 Å². The number of hydrogen-bond acceptors (Lipinski definition) is 4. The lowest BCUT2D eigenvalue weighted by Gasteiger charge is -2.09. The van der Waals surface area contributed by atoms with E-state index in [1.165, 1.54) is 6.08 Å². The Balaban J connectivity index is 1.80. The van der Waals surface area contributed by atoms with Crippen LogP contribution in [0.5, 0.6) is 0 Å². The molecule has 1 aromatic carbocycles. The van der Waals surface area contributed by atoms with E-state index in [4.69, 9.17) is 4.74 Å². The molecule has 0 atom stereocenters. The number of benzene rings is 1. The predicted molar refractivity (Wildman–Crippen MR) is 117 cm³/mol. The molecule has 0 saturated heterocycles. The highest BCUT2D eigenvalue weighted by Gasteiger charge is 2.17. The van der Waals surface area contributed by atoms with Gasteiger partial charge in [0.2, 0.25) is 5.78 Å². The summed E-state index contributed by atoms with van der Waals surface area (Å²) in [5.74, 6) is -1.16.